The van der Waals surface area contributed by atoms with Gasteiger partial charge >= 0.3 is 0 Å². The Morgan fingerprint density at radius 2 is 1.75 bits per heavy atom. The van der Waals surface area contributed by atoms with E-state index in [1.165, 1.54) is 0 Å². The van der Waals surface area contributed by atoms with Crippen molar-refractivity contribution >= 4 is 6.29 Å². The van der Waals surface area contributed by atoms with Crippen LogP contribution in [0.2, 0.25) is 0 Å². The number of aromatic nitrogens is 2. The molecule has 0 aliphatic heterocycles. The molecule has 4 heteroatoms. The Morgan fingerprint density at radius 3 is 2.45 bits per heavy atom. The molecule has 0 spiro atoms. The van der Waals surface area contributed by atoms with Crippen molar-refractivity contribution < 1.29 is 9.32 Å². The van der Waals surface area contributed by atoms with Crippen LogP contribution in [0.3, 0.4) is 0 Å². The molecule has 0 aliphatic carbocycles. The third kappa shape index (κ3) is 2.64. The van der Waals surface area contributed by atoms with Gasteiger partial charge in [-0.05, 0) is 5.56 Å². The molecule has 0 bridgehead atoms. The van der Waals surface area contributed by atoms with Crippen LogP contribution in [0.1, 0.15) is 21.8 Å². The highest BCUT2D eigenvalue weighted by Crippen LogP contribution is 2.17. The van der Waals surface area contributed by atoms with Gasteiger partial charge in [-0.15, -0.1) is 0 Å². The summed E-state index contributed by atoms with van der Waals surface area (Å²) in [7, 11) is 0. The van der Waals surface area contributed by atoms with Gasteiger partial charge in [0.1, 0.15) is 6.29 Å². The SMILES string of the molecule is O=Cc1ccc(-c2noc(Cc3ccccc3)n2)cc1. The summed E-state index contributed by atoms with van der Waals surface area (Å²) in [6.45, 7) is 0. The fourth-order valence-corrected chi connectivity index (χ4v) is 1.93. The van der Waals surface area contributed by atoms with E-state index in [4.69, 9.17) is 4.52 Å². The summed E-state index contributed by atoms with van der Waals surface area (Å²) in [5, 5.41) is 3.96. The molecule has 0 N–H and O–H groups in total. The van der Waals surface area contributed by atoms with Gasteiger partial charge in [0.25, 0.3) is 0 Å². The minimum Gasteiger partial charge on any atom is -0.339 e. The highest BCUT2D eigenvalue weighted by molar-refractivity contribution is 5.76. The molecule has 3 aromatic rings. The first-order chi connectivity index (χ1) is 9.85. The summed E-state index contributed by atoms with van der Waals surface area (Å²) in [4.78, 5) is 15.0. The lowest BCUT2D eigenvalue weighted by Gasteiger charge is -1.95. The largest absolute Gasteiger partial charge is 0.339 e. The number of nitrogens with zero attached hydrogens (tertiary/aromatic N) is 2. The second kappa shape index (κ2) is 5.48. The molecular weight excluding hydrogens is 252 g/mol. The Hall–Kier alpha value is -2.75. The first kappa shape index (κ1) is 12.3. The van der Waals surface area contributed by atoms with E-state index in [9.17, 15) is 4.79 Å². The fraction of sp³-hybridized carbons (Fsp3) is 0.0625. The lowest BCUT2D eigenvalue weighted by molar-refractivity contribution is 0.112. The molecule has 0 fully saturated rings. The quantitative estimate of drug-likeness (QED) is 0.679. The van der Waals surface area contributed by atoms with Crippen LogP contribution in [0.25, 0.3) is 11.4 Å². The van der Waals surface area contributed by atoms with Crippen LogP contribution in [0.4, 0.5) is 0 Å². The molecule has 98 valence electrons. The average molecular weight is 264 g/mol. The number of rotatable bonds is 4. The van der Waals surface area contributed by atoms with E-state index in [2.05, 4.69) is 10.1 Å². The van der Waals surface area contributed by atoms with E-state index in [0.29, 0.717) is 23.7 Å². The van der Waals surface area contributed by atoms with Gasteiger partial charge in [0.05, 0.1) is 6.42 Å². The molecule has 2 aromatic carbocycles. The van der Waals surface area contributed by atoms with Crippen molar-refractivity contribution in [2.24, 2.45) is 0 Å². The van der Waals surface area contributed by atoms with E-state index >= 15 is 0 Å². The fourth-order valence-electron chi connectivity index (χ4n) is 1.93. The molecule has 1 aromatic heterocycles. The summed E-state index contributed by atoms with van der Waals surface area (Å²) in [6, 6.07) is 17.0. The second-order valence-electron chi connectivity index (χ2n) is 4.41. The molecule has 0 amide bonds. The molecule has 3 rings (SSSR count). The minimum atomic E-state index is 0.536. The summed E-state index contributed by atoms with van der Waals surface area (Å²) in [6.07, 6.45) is 1.42. The van der Waals surface area contributed by atoms with Gasteiger partial charge in [0.15, 0.2) is 0 Å². The van der Waals surface area contributed by atoms with Gasteiger partial charge < -0.3 is 4.52 Å². The lowest BCUT2D eigenvalue weighted by atomic mass is 10.1. The molecule has 1 heterocycles. The standard InChI is InChI=1S/C16H12N2O2/c19-11-13-6-8-14(9-7-13)16-17-15(20-18-16)10-12-4-2-1-3-5-12/h1-9,11H,10H2. The van der Waals surface area contributed by atoms with Gasteiger partial charge in [-0.2, -0.15) is 4.98 Å². The van der Waals surface area contributed by atoms with Crippen LogP contribution in [-0.4, -0.2) is 16.4 Å². The van der Waals surface area contributed by atoms with Crippen LogP contribution in [0.15, 0.2) is 59.1 Å². The number of carbonyl (C=O) groups is 1. The molecule has 0 unspecified atom stereocenters. The monoisotopic (exact) mass is 264 g/mol. The van der Waals surface area contributed by atoms with Crippen molar-refractivity contribution in [1.82, 2.24) is 10.1 Å². The first-order valence-corrected chi connectivity index (χ1v) is 6.27. The van der Waals surface area contributed by atoms with Crippen molar-refractivity contribution in [3.05, 3.63) is 71.6 Å². The number of aldehydes is 1. The number of benzene rings is 2. The van der Waals surface area contributed by atoms with Crippen molar-refractivity contribution in [3.63, 3.8) is 0 Å². The Morgan fingerprint density at radius 1 is 1.00 bits per heavy atom. The van der Waals surface area contributed by atoms with E-state index in [-0.39, 0.29) is 0 Å². The molecule has 0 radical (unpaired) electrons. The zero-order chi connectivity index (χ0) is 13.8. The zero-order valence-electron chi connectivity index (χ0n) is 10.7. The van der Waals surface area contributed by atoms with Crippen molar-refractivity contribution in [2.45, 2.75) is 6.42 Å². The Labute approximate surface area is 116 Å². The second-order valence-corrected chi connectivity index (χ2v) is 4.41. The van der Waals surface area contributed by atoms with E-state index in [1.807, 2.05) is 30.3 Å². The molecule has 0 saturated carbocycles. The first-order valence-electron chi connectivity index (χ1n) is 6.27. The Kier molecular flexibility index (Phi) is 3.37. The van der Waals surface area contributed by atoms with Gasteiger partial charge in [-0.3, -0.25) is 4.79 Å². The van der Waals surface area contributed by atoms with Crippen LogP contribution >= 0.6 is 0 Å². The van der Waals surface area contributed by atoms with Crippen molar-refractivity contribution in [3.8, 4) is 11.4 Å². The highest BCUT2D eigenvalue weighted by Gasteiger charge is 2.09. The van der Waals surface area contributed by atoms with Crippen LogP contribution < -0.4 is 0 Å². The molecule has 0 atom stereocenters. The smallest absolute Gasteiger partial charge is 0.231 e. The maximum Gasteiger partial charge on any atom is 0.231 e. The predicted molar refractivity (Wildman–Crippen MR) is 74.4 cm³/mol. The number of hydrogen-bond acceptors (Lipinski definition) is 4. The maximum absolute atomic E-state index is 10.6. The predicted octanol–water partition coefficient (Wildman–Crippen LogP) is 3.14. The molecule has 4 nitrogen and oxygen atoms in total. The van der Waals surface area contributed by atoms with E-state index < -0.39 is 0 Å². The van der Waals surface area contributed by atoms with Crippen LogP contribution in [-0.2, 0) is 6.42 Å². The molecule has 0 aliphatic rings. The number of carbonyl (C=O) groups excluding carboxylic acids is 1. The van der Waals surface area contributed by atoms with E-state index in [0.717, 1.165) is 17.4 Å². The lowest BCUT2D eigenvalue weighted by Crippen LogP contribution is -1.88. The Balaban J connectivity index is 1.80. The van der Waals surface area contributed by atoms with Crippen LogP contribution in [0.5, 0.6) is 0 Å². The summed E-state index contributed by atoms with van der Waals surface area (Å²) in [5.41, 5.74) is 2.58. The van der Waals surface area contributed by atoms with Gasteiger partial charge in [-0.1, -0.05) is 59.8 Å². The third-order valence-electron chi connectivity index (χ3n) is 2.97. The summed E-state index contributed by atoms with van der Waals surface area (Å²) < 4.78 is 5.25. The summed E-state index contributed by atoms with van der Waals surface area (Å²) in [5.74, 6) is 1.11. The zero-order valence-corrected chi connectivity index (χ0v) is 10.7. The normalized spacial score (nSPS) is 10.4. The Bertz CT molecular complexity index is 703. The van der Waals surface area contributed by atoms with Gasteiger partial charge in [-0.25, -0.2) is 0 Å². The highest BCUT2D eigenvalue weighted by atomic mass is 16.5. The molecular formula is C16H12N2O2. The van der Waals surface area contributed by atoms with Crippen LogP contribution in [0, 0.1) is 0 Å². The summed E-state index contributed by atoms with van der Waals surface area (Å²) >= 11 is 0. The average Bonchev–Trinajstić information content (AvgIpc) is 2.97. The van der Waals surface area contributed by atoms with Crippen molar-refractivity contribution in [1.29, 1.82) is 0 Å². The third-order valence-corrected chi connectivity index (χ3v) is 2.97. The van der Waals surface area contributed by atoms with Gasteiger partial charge in [0.2, 0.25) is 11.7 Å². The minimum absolute atomic E-state index is 0.536. The topological polar surface area (TPSA) is 56.0 Å². The van der Waals surface area contributed by atoms with Crippen molar-refractivity contribution in [2.75, 3.05) is 0 Å². The maximum atomic E-state index is 10.6. The molecule has 0 saturated heterocycles. The van der Waals surface area contributed by atoms with Gasteiger partial charge in [0, 0.05) is 11.1 Å². The molecule has 20 heavy (non-hydrogen) atoms. The van der Waals surface area contributed by atoms with E-state index in [1.54, 1.807) is 24.3 Å². The number of hydrogen-bond donors (Lipinski definition) is 0.